The van der Waals surface area contributed by atoms with E-state index in [9.17, 15) is 9.90 Å². The Morgan fingerprint density at radius 2 is 2.29 bits per heavy atom. The fourth-order valence-corrected chi connectivity index (χ4v) is 0.0456. The molecule has 0 aromatic heterocycles. The van der Waals surface area contributed by atoms with Gasteiger partial charge in [0.2, 0.25) is 0 Å². The highest BCUT2D eigenvalue weighted by molar-refractivity contribution is 5.88. The van der Waals surface area contributed by atoms with Crippen LogP contribution in [0, 0.1) is 11.3 Å². The van der Waals surface area contributed by atoms with E-state index in [-0.39, 0.29) is 0 Å². The third kappa shape index (κ3) is 1.55. The molecule has 0 atom stereocenters. The van der Waals surface area contributed by atoms with Crippen LogP contribution in [0.2, 0.25) is 0 Å². The van der Waals surface area contributed by atoms with E-state index in [1.807, 2.05) is 0 Å². The molecule has 0 bridgehead atoms. The van der Waals surface area contributed by atoms with Crippen LogP contribution in [0.15, 0.2) is 12.2 Å². The fraction of sp³-hybridized carbons (Fsp3) is 0. The summed E-state index contributed by atoms with van der Waals surface area (Å²) in [6.07, 6.45) is 0. The van der Waals surface area contributed by atoms with Gasteiger partial charge in [-0.05, 0) is 0 Å². The summed E-state index contributed by atoms with van der Waals surface area (Å²) < 4.78 is 0. The average molecular weight is 96.1 g/mol. The third-order valence-electron chi connectivity index (χ3n) is 0.381. The number of carboxylic acids is 1. The molecule has 0 fully saturated rings. The Hall–Kier alpha value is -1.30. The fourth-order valence-electron chi connectivity index (χ4n) is 0.0456. The van der Waals surface area contributed by atoms with Gasteiger partial charge < -0.3 is 9.90 Å². The lowest BCUT2D eigenvalue weighted by Gasteiger charge is -1.90. The molecule has 0 aromatic rings. The molecule has 0 aromatic carbocycles. The minimum absolute atomic E-state index is 0.542. The molecular formula is C4H2NO2-. The van der Waals surface area contributed by atoms with Crippen molar-refractivity contribution < 1.29 is 9.90 Å². The molecule has 0 amide bonds. The van der Waals surface area contributed by atoms with Crippen molar-refractivity contribution in [3.8, 4) is 6.07 Å². The highest BCUT2D eigenvalue weighted by Crippen LogP contribution is 1.78. The van der Waals surface area contributed by atoms with Crippen molar-refractivity contribution in [2.45, 2.75) is 0 Å². The van der Waals surface area contributed by atoms with Crippen LogP contribution in [-0.4, -0.2) is 5.97 Å². The second-order valence-electron chi connectivity index (χ2n) is 0.878. The number of carboxylic acid groups (broad SMARTS) is 1. The normalized spacial score (nSPS) is 6.71. The summed E-state index contributed by atoms with van der Waals surface area (Å²) in [5.41, 5.74) is -0.542. The lowest BCUT2D eigenvalue weighted by molar-refractivity contribution is -0.298. The number of nitrogens with zero attached hydrogens (tertiary/aromatic N) is 1. The van der Waals surface area contributed by atoms with E-state index in [4.69, 9.17) is 5.26 Å². The van der Waals surface area contributed by atoms with E-state index in [0.717, 1.165) is 0 Å². The Kier molecular flexibility index (Phi) is 1.61. The van der Waals surface area contributed by atoms with E-state index in [0.29, 0.717) is 0 Å². The van der Waals surface area contributed by atoms with Crippen molar-refractivity contribution in [2.75, 3.05) is 0 Å². The first-order valence-electron chi connectivity index (χ1n) is 1.49. The number of aliphatic carboxylic acids is 1. The summed E-state index contributed by atoms with van der Waals surface area (Å²) in [7, 11) is 0. The van der Waals surface area contributed by atoms with Crippen molar-refractivity contribution >= 4 is 5.97 Å². The van der Waals surface area contributed by atoms with E-state index < -0.39 is 11.5 Å². The SMILES string of the molecule is C=C(C#N)C(=O)[O-]. The molecule has 3 nitrogen and oxygen atoms in total. The van der Waals surface area contributed by atoms with Crippen molar-refractivity contribution in [2.24, 2.45) is 0 Å². The van der Waals surface area contributed by atoms with Gasteiger partial charge in [-0.15, -0.1) is 0 Å². The molecule has 0 rings (SSSR count). The van der Waals surface area contributed by atoms with Gasteiger partial charge in [-0.25, -0.2) is 0 Å². The van der Waals surface area contributed by atoms with E-state index in [1.54, 1.807) is 0 Å². The smallest absolute Gasteiger partial charge is 0.100 e. The molecule has 0 saturated heterocycles. The van der Waals surface area contributed by atoms with Gasteiger partial charge in [0.25, 0.3) is 0 Å². The zero-order valence-electron chi connectivity index (χ0n) is 3.47. The second-order valence-corrected chi connectivity index (χ2v) is 0.878. The molecule has 0 radical (unpaired) electrons. The van der Waals surface area contributed by atoms with Crippen molar-refractivity contribution in [3.05, 3.63) is 12.2 Å². The predicted octanol–water partition coefficient (Wildman–Crippen LogP) is -1.18. The maximum absolute atomic E-state index is 9.50. The van der Waals surface area contributed by atoms with E-state index >= 15 is 0 Å². The molecule has 0 saturated carbocycles. The van der Waals surface area contributed by atoms with Crippen LogP contribution in [0.3, 0.4) is 0 Å². The zero-order valence-corrected chi connectivity index (χ0v) is 3.47. The molecule has 0 unspecified atom stereocenters. The van der Waals surface area contributed by atoms with Crippen LogP contribution in [0.4, 0.5) is 0 Å². The Bertz CT molecular complexity index is 142. The van der Waals surface area contributed by atoms with Crippen LogP contribution in [0.5, 0.6) is 0 Å². The Morgan fingerprint density at radius 1 is 1.86 bits per heavy atom. The van der Waals surface area contributed by atoms with E-state index in [1.165, 1.54) is 6.07 Å². The minimum atomic E-state index is -1.51. The van der Waals surface area contributed by atoms with Gasteiger partial charge >= 0.3 is 0 Å². The van der Waals surface area contributed by atoms with Gasteiger partial charge in [0, 0.05) is 0 Å². The molecular weight excluding hydrogens is 94.0 g/mol. The second kappa shape index (κ2) is 1.98. The highest BCUT2D eigenvalue weighted by atomic mass is 16.4. The maximum Gasteiger partial charge on any atom is 0.100 e. The first kappa shape index (κ1) is 5.70. The predicted molar refractivity (Wildman–Crippen MR) is 19.8 cm³/mol. The Balaban J connectivity index is 3.90. The molecule has 0 aliphatic rings. The molecule has 0 heterocycles. The molecule has 7 heavy (non-hydrogen) atoms. The lowest BCUT2D eigenvalue weighted by atomic mass is 10.4. The molecule has 0 spiro atoms. The van der Waals surface area contributed by atoms with Gasteiger partial charge in [-0.1, -0.05) is 6.58 Å². The van der Waals surface area contributed by atoms with Gasteiger partial charge in [-0.2, -0.15) is 5.26 Å². The van der Waals surface area contributed by atoms with Gasteiger partial charge in [0.15, 0.2) is 0 Å². The topological polar surface area (TPSA) is 63.9 Å². The summed E-state index contributed by atoms with van der Waals surface area (Å²) >= 11 is 0. The number of hydrogen-bond donors (Lipinski definition) is 0. The highest BCUT2D eigenvalue weighted by Gasteiger charge is 1.85. The Morgan fingerprint density at radius 3 is 2.29 bits per heavy atom. The lowest BCUT2D eigenvalue weighted by Crippen LogP contribution is -2.22. The number of rotatable bonds is 1. The molecule has 0 aliphatic heterocycles. The minimum Gasteiger partial charge on any atom is -0.544 e. The van der Waals surface area contributed by atoms with Gasteiger partial charge in [0.05, 0.1) is 11.5 Å². The maximum atomic E-state index is 9.50. The summed E-state index contributed by atoms with van der Waals surface area (Å²) in [6.45, 7) is 2.85. The molecule has 3 heteroatoms. The number of nitriles is 1. The average Bonchev–Trinajstić information content (AvgIpc) is 1.65. The summed E-state index contributed by atoms with van der Waals surface area (Å²) in [4.78, 5) is 9.50. The summed E-state index contributed by atoms with van der Waals surface area (Å²) in [5, 5.41) is 17.2. The first-order valence-corrected chi connectivity index (χ1v) is 1.49. The quantitative estimate of drug-likeness (QED) is 0.304. The zero-order chi connectivity index (χ0) is 5.86. The largest absolute Gasteiger partial charge is 0.544 e. The standard InChI is InChI=1S/C4H3NO2/c1-3(2-5)4(6)7/h1H2,(H,6,7)/p-1. The first-order chi connectivity index (χ1) is 3.18. The summed E-state index contributed by atoms with van der Waals surface area (Å²) in [5.74, 6) is -1.51. The van der Waals surface area contributed by atoms with E-state index in [2.05, 4.69) is 6.58 Å². The number of carbonyl (C=O) groups excluding carboxylic acids is 1. The third-order valence-corrected chi connectivity index (χ3v) is 0.381. The molecule has 0 aliphatic carbocycles. The number of hydrogen-bond acceptors (Lipinski definition) is 3. The Labute approximate surface area is 40.5 Å². The summed E-state index contributed by atoms with van der Waals surface area (Å²) in [6, 6.07) is 1.31. The van der Waals surface area contributed by atoms with Crippen LogP contribution < -0.4 is 5.11 Å². The van der Waals surface area contributed by atoms with Crippen LogP contribution in [0.1, 0.15) is 0 Å². The van der Waals surface area contributed by atoms with Gasteiger partial charge in [0.1, 0.15) is 6.07 Å². The molecule has 36 valence electrons. The van der Waals surface area contributed by atoms with Gasteiger partial charge in [-0.3, -0.25) is 0 Å². The van der Waals surface area contributed by atoms with Crippen LogP contribution in [0.25, 0.3) is 0 Å². The van der Waals surface area contributed by atoms with Crippen LogP contribution >= 0.6 is 0 Å². The number of carbonyl (C=O) groups is 1. The van der Waals surface area contributed by atoms with Crippen LogP contribution in [-0.2, 0) is 4.79 Å². The molecule has 0 N–H and O–H groups in total. The monoisotopic (exact) mass is 96.0 g/mol. The van der Waals surface area contributed by atoms with Crippen molar-refractivity contribution in [1.29, 1.82) is 5.26 Å². The van der Waals surface area contributed by atoms with Crippen molar-refractivity contribution in [3.63, 3.8) is 0 Å². The van der Waals surface area contributed by atoms with Crippen molar-refractivity contribution in [1.82, 2.24) is 0 Å².